The van der Waals surface area contributed by atoms with Gasteiger partial charge in [-0.2, -0.15) is 4.57 Å². The van der Waals surface area contributed by atoms with E-state index in [2.05, 4.69) is 25.0 Å². The second-order valence-corrected chi connectivity index (χ2v) is 2.44. The Morgan fingerprint density at radius 3 is 2.55 bits per heavy atom. The molecule has 1 heteroatoms. The molecule has 0 aliphatic heterocycles. The van der Waals surface area contributed by atoms with Crippen molar-refractivity contribution in [2.24, 2.45) is 0 Å². The van der Waals surface area contributed by atoms with E-state index >= 15 is 0 Å². The molecule has 0 bridgehead atoms. The number of terminal acetylenes is 1. The summed E-state index contributed by atoms with van der Waals surface area (Å²) in [6.07, 6.45) is 10.3. The molecule has 1 aromatic rings. The molecule has 0 saturated heterocycles. The normalized spacial score (nSPS) is 9.09. The van der Waals surface area contributed by atoms with Gasteiger partial charge in [0.05, 0.1) is 0 Å². The zero-order valence-electron chi connectivity index (χ0n) is 6.75. The van der Waals surface area contributed by atoms with Crippen LogP contribution in [0.15, 0.2) is 24.5 Å². The zero-order valence-corrected chi connectivity index (χ0v) is 6.75. The SMILES string of the molecule is C#CC[n+]1ccc(CC)cc1. The van der Waals surface area contributed by atoms with Crippen molar-refractivity contribution in [3.63, 3.8) is 0 Å². The van der Waals surface area contributed by atoms with Crippen molar-refractivity contribution in [1.82, 2.24) is 0 Å². The molecule has 1 rings (SSSR count). The first-order valence-electron chi connectivity index (χ1n) is 3.78. The third kappa shape index (κ3) is 2.09. The largest absolute Gasteiger partial charge is 0.208 e. The molecule has 1 heterocycles. The molecule has 0 radical (unpaired) electrons. The van der Waals surface area contributed by atoms with Crippen molar-refractivity contribution in [3.8, 4) is 12.3 Å². The van der Waals surface area contributed by atoms with E-state index in [1.54, 1.807) is 0 Å². The second-order valence-electron chi connectivity index (χ2n) is 2.44. The fourth-order valence-corrected chi connectivity index (χ4v) is 0.935. The van der Waals surface area contributed by atoms with Crippen LogP contribution in [0.1, 0.15) is 12.5 Å². The molecule has 0 aromatic carbocycles. The van der Waals surface area contributed by atoms with Crippen LogP contribution in [0.4, 0.5) is 0 Å². The van der Waals surface area contributed by atoms with Gasteiger partial charge in [-0.05, 0) is 17.9 Å². The number of pyridine rings is 1. The molecule has 0 unspecified atom stereocenters. The monoisotopic (exact) mass is 146 g/mol. The maximum Gasteiger partial charge on any atom is 0.208 e. The summed E-state index contributed by atoms with van der Waals surface area (Å²) < 4.78 is 1.99. The van der Waals surface area contributed by atoms with Crippen LogP contribution < -0.4 is 4.57 Å². The lowest BCUT2D eigenvalue weighted by Gasteiger charge is -1.92. The smallest absolute Gasteiger partial charge is 0.194 e. The third-order valence-corrected chi connectivity index (χ3v) is 1.64. The van der Waals surface area contributed by atoms with Gasteiger partial charge in [-0.25, -0.2) is 0 Å². The summed E-state index contributed by atoms with van der Waals surface area (Å²) in [5.41, 5.74) is 1.35. The average Bonchev–Trinajstić information content (AvgIpc) is 2.07. The maximum atomic E-state index is 5.16. The quantitative estimate of drug-likeness (QED) is 0.435. The molecule has 11 heavy (non-hydrogen) atoms. The van der Waals surface area contributed by atoms with Crippen LogP contribution in [0.25, 0.3) is 0 Å². The first-order valence-corrected chi connectivity index (χ1v) is 3.78. The number of aryl methyl sites for hydroxylation is 1. The highest BCUT2D eigenvalue weighted by Crippen LogP contribution is 1.94. The van der Waals surface area contributed by atoms with E-state index in [9.17, 15) is 0 Å². The highest BCUT2D eigenvalue weighted by atomic mass is 14.9. The van der Waals surface area contributed by atoms with Crippen LogP contribution in [-0.4, -0.2) is 0 Å². The van der Waals surface area contributed by atoms with Crippen LogP contribution >= 0.6 is 0 Å². The van der Waals surface area contributed by atoms with Crippen molar-refractivity contribution in [2.45, 2.75) is 19.9 Å². The van der Waals surface area contributed by atoms with Gasteiger partial charge in [0, 0.05) is 12.1 Å². The third-order valence-electron chi connectivity index (χ3n) is 1.64. The minimum atomic E-state index is 0.657. The predicted molar refractivity (Wildman–Crippen MR) is 44.8 cm³/mol. The van der Waals surface area contributed by atoms with Gasteiger partial charge < -0.3 is 0 Å². The number of hydrogen-bond donors (Lipinski definition) is 0. The highest BCUT2D eigenvalue weighted by Gasteiger charge is 1.95. The van der Waals surface area contributed by atoms with Crippen LogP contribution in [0, 0.1) is 12.3 Å². The van der Waals surface area contributed by atoms with Gasteiger partial charge in [-0.1, -0.05) is 6.92 Å². The van der Waals surface area contributed by atoms with Gasteiger partial charge in [0.25, 0.3) is 0 Å². The zero-order chi connectivity index (χ0) is 8.10. The summed E-state index contributed by atoms with van der Waals surface area (Å²) in [7, 11) is 0. The van der Waals surface area contributed by atoms with Crippen molar-refractivity contribution in [3.05, 3.63) is 30.1 Å². The highest BCUT2D eigenvalue weighted by molar-refractivity contribution is 5.06. The Morgan fingerprint density at radius 2 is 2.09 bits per heavy atom. The van der Waals surface area contributed by atoms with Gasteiger partial charge in [0.15, 0.2) is 12.4 Å². The van der Waals surface area contributed by atoms with E-state index in [0.29, 0.717) is 6.54 Å². The minimum absolute atomic E-state index is 0.657. The molecular weight excluding hydrogens is 134 g/mol. The average molecular weight is 146 g/mol. The molecule has 0 N–H and O–H groups in total. The Balaban J connectivity index is 2.76. The van der Waals surface area contributed by atoms with Crippen LogP contribution in [-0.2, 0) is 13.0 Å². The van der Waals surface area contributed by atoms with E-state index < -0.39 is 0 Å². The molecule has 1 nitrogen and oxygen atoms in total. The van der Waals surface area contributed by atoms with E-state index in [1.807, 2.05) is 17.0 Å². The fourth-order valence-electron chi connectivity index (χ4n) is 0.935. The van der Waals surface area contributed by atoms with Crippen LogP contribution in [0.3, 0.4) is 0 Å². The van der Waals surface area contributed by atoms with Crippen molar-refractivity contribution < 1.29 is 4.57 Å². The summed E-state index contributed by atoms with van der Waals surface area (Å²) >= 11 is 0. The fraction of sp³-hybridized carbons (Fsp3) is 0.300. The van der Waals surface area contributed by atoms with Gasteiger partial charge >= 0.3 is 0 Å². The Morgan fingerprint density at radius 1 is 1.45 bits per heavy atom. The van der Waals surface area contributed by atoms with Crippen molar-refractivity contribution >= 4 is 0 Å². The molecule has 0 amide bonds. The van der Waals surface area contributed by atoms with Gasteiger partial charge in [0.1, 0.15) is 0 Å². The Bertz CT molecular complexity index is 253. The van der Waals surface area contributed by atoms with Crippen molar-refractivity contribution in [1.29, 1.82) is 0 Å². The summed E-state index contributed by atoms with van der Waals surface area (Å²) in [6.45, 7) is 2.80. The topological polar surface area (TPSA) is 3.88 Å². The summed E-state index contributed by atoms with van der Waals surface area (Å²) in [5, 5.41) is 0. The lowest BCUT2D eigenvalue weighted by atomic mass is 10.2. The predicted octanol–water partition coefficient (Wildman–Crippen LogP) is 1.17. The summed E-state index contributed by atoms with van der Waals surface area (Å²) in [4.78, 5) is 0. The van der Waals surface area contributed by atoms with E-state index in [-0.39, 0.29) is 0 Å². The first-order chi connectivity index (χ1) is 5.36. The lowest BCUT2D eigenvalue weighted by molar-refractivity contribution is -0.684. The minimum Gasteiger partial charge on any atom is -0.194 e. The standard InChI is InChI=1S/C10H12N/c1-3-7-11-8-5-10(4-2)6-9-11/h1,5-6,8-9H,4,7H2,2H3/q+1. The van der Waals surface area contributed by atoms with Crippen LogP contribution in [0.5, 0.6) is 0 Å². The molecule has 56 valence electrons. The van der Waals surface area contributed by atoms with E-state index in [1.165, 1.54) is 5.56 Å². The molecular formula is C10H12N+. The molecule has 0 saturated carbocycles. The van der Waals surface area contributed by atoms with Gasteiger partial charge in [-0.15, -0.1) is 6.42 Å². The number of rotatable bonds is 2. The molecule has 0 aliphatic rings. The number of aromatic nitrogens is 1. The van der Waals surface area contributed by atoms with E-state index in [4.69, 9.17) is 6.42 Å². The second kappa shape index (κ2) is 3.78. The summed E-state index contributed by atoms with van der Waals surface area (Å²) in [6, 6.07) is 4.19. The summed E-state index contributed by atoms with van der Waals surface area (Å²) in [5.74, 6) is 2.58. The van der Waals surface area contributed by atoms with E-state index in [0.717, 1.165) is 6.42 Å². The maximum absolute atomic E-state index is 5.16. The van der Waals surface area contributed by atoms with Crippen molar-refractivity contribution in [2.75, 3.05) is 0 Å². The van der Waals surface area contributed by atoms with Gasteiger partial charge in [-0.3, -0.25) is 0 Å². The molecule has 1 aromatic heterocycles. The molecule has 0 fully saturated rings. The number of hydrogen-bond acceptors (Lipinski definition) is 0. The Kier molecular flexibility index (Phi) is 2.68. The number of nitrogens with zero attached hydrogens (tertiary/aromatic N) is 1. The molecule has 0 atom stereocenters. The molecule has 0 spiro atoms. The van der Waals surface area contributed by atoms with Crippen LogP contribution in [0.2, 0.25) is 0 Å². The molecule has 0 aliphatic carbocycles. The first kappa shape index (κ1) is 7.81. The van der Waals surface area contributed by atoms with Gasteiger partial charge in [0.2, 0.25) is 6.54 Å². The Hall–Kier alpha value is -1.29. The lowest BCUT2D eigenvalue weighted by Crippen LogP contribution is -2.31. The Labute approximate surface area is 67.7 Å².